The summed E-state index contributed by atoms with van der Waals surface area (Å²) in [4.78, 5) is 12.2. The Kier molecular flexibility index (Phi) is 4.05. The van der Waals surface area contributed by atoms with Gasteiger partial charge in [0, 0.05) is 11.8 Å². The van der Waals surface area contributed by atoms with Crippen LogP contribution in [0.5, 0.6) is 0 Å². The van der Waals surface area contributed by atoms with Gasteiger partial charge in [0.25, 0.3) is 0 Å². The van der Waals surface area contributed by atoms with Crippen LogP contribution in [0.15, 0.2) is 23.3 Å². The molecule has 50 valence electrons. The minimum atomic E-state index is -0.161. The molecule has 0 aromatic carbocycles. The smallest absolute Gasteiger partial charge is 0.250 e. The van der Waals surface area contributed by atoms with E-state index >= 15 is 0 Å². The number of halogens is 1. The molecule has 0 unspecified atom stereocenters. The van der Waals surface area contributed by atoms with E-state index < -0.39 is 0 Å². The number of nitrogens with one attached hydrogen (secondary N) is 1. The molecule has 0 aliphatic heterocycles. The van der Waals surface area contributed by atoms with E-state index in [9.17, 15) is 4.79 Å². The highest BCUT2D eigenvalue weighted by atomic mass is 79.9. The van der Waals surface area contributed by atoms with Crippen LogP contribution in [0.2, 0.25) is 0 Å². The molecule has 3 heteroatoms. The van der Waals surface area contributed by atoms with Crippen LogP contribution >= 0.6 is 15.9 Å². The summed E-state index contributed by atoms with van der Waals surface area (Å²) in [5, 5.41) is 2.47. The van der Waals surface area contributed by atoms with Gasteiger partial charge < -0.3 is 5.32 Å². The van der Waals surface area contributed by atoms with E-state index in [0.29, 0.717) is 5.57 Å². The summed E-state index contributed by atoms with van der Waals surface area (Å²) in [6.45, 7) is 5.10. The predicted molar refractivity (Wildman–Crippen MR) is 41.0 cm³/mol. The molecular weight excluding hydrogens is 182 g/mol. The average Bonchev–Trinajstić information content (AvgIpc) is 1.82. The van der Waals surface area contributed by atoms with Gasteiger partial charge in [-0.3, -0.25) is 4.79 Å². The van der Waals surface area contributed by atoms with Gasteiger partial charge in [0.1, 0.15) is 0 Å². The summed E-state index contributed by atoms with van der Waals surface area (Å²) in [6.07, 6.45) is 1.50. The molecule has 0 aliphatic carbocycles. The molecule has 1 amide bonds. The number of rotatable bonds is 2. The number of hydrogen-bond donors (Lipinski definition) is 1. The van der Waals surface area contributed by atoms with Crippen LogP contribution in [0.4, 0.5) is 0 Å². The van der Waals surface area contributed by atoms with E-state index in [2.05, 4.69) is 27.8 Å². The standard InChI is InChI=1S/C6H8BrNO/c1-5(2)6(9)8-4-3-7/h3-4H,1H2,2H3,(H,8,9)/b4-3+. The number of amides is 1. The van der Waals surface area contributed by atoms with Crippen molar-refractivity contribution in [2.24, 2.45) is 0 Å². The van der Waals surface area contributed by atoms with E-state index in [1.54, 1.807) is 11.9 Å². The van der Waals surface area contributed by atoms with Gasteiger partial charge in [0.05, 0.1) is 0 Å². The first kappa shape index (κ1) is 8.43. The van der Waals surface area contributed by atoms with Crippen molar-refractivity contribution in [1.29, 1.82) is 0 Å². The molecule has 0 rings (SSSR count). The Morgan fingerprint density at radius 1 is 1.78 bits per heavy atom. The zero-order chi connectivity index (χ0) is 7.28. The van der Waals surface area contributed by atoms with Gasteiger partial charge in [-0.1, -0.05) is 22.5 Å². The minimum Gasteiger partial charge on any atom is -0.328 e. The first-order valence-electron chi connectivity index (χ1n) is 2.40. The van der Waals surface area contributed by atoms with Crippen molar-refractivity contribution in [1.82, 2.24) is 5.32 Å². The van der Waals surface area contributed by atoms with Crippen LogP contribution in [0.1, 0.15) is 6.92 Å². The summed E-state index contributed by atoms with van der Waals surface area (Å²) in [5.74, 6) is -0.161. The highest BCUT2D eigenvalue weighted by Gasteiger charge is 1.94. The second-order valence-corrected chi connectivity index (χ2v) is 2.08. The lowest BCUT2D eigenvalue weighted by molar-refractivity contribution is -0.116. The predicted octanol–water partition coefficient (Wildman–Crippen LogP) is 1.54. The second kappa shape index (κ2) is 4.32. The molecule has 0 bridgehead atoms. The topological polar surface area (TPSA) is 29.1 Å². The average molecular weight is 190 g/mol. The Bertz CT molecular complexity index is 151. The van der Waals surface area contributed by atoms with Gasteiger partial charge in [0.15, 0.2) is 0 Å². The van der Waals surface area contributed by atoms with Crippen LogP contribution < -0.4 is 5.32 Å². The highest BCUT2D eigenvalue weighted by molar-refractivity contribution is 9.11. The van der Waals surface area contributed by atoms with Crippen molar-refractivity contribution in [3.63, 3.8) is 0 Å². The van der Waals surface area contributed by atoms with E-state index in [-0.39, 0.29) is 5.91 Å². The van der Waals surface area contributed by atoms with Crippen LogP contribution in [0.25, 0.3) is 0 Å². The fourth-order valence-corrected chi connectivity index (χ4v) is 0.363. The molecule has 0 heterocycles. The largest absolute Gasteiger partial charge is 0.328 e. The lowest BCUT2D eigenvalue weighted by atomic mass is 10.3. The summed E-state index contributed by atoms with van der Waals surface area (Å²) in [5.41, 5.74) is 0.501. The Morgan fingerprint density at radius 2 is 2.33 bits per heavy atom. The molecule has 2 nitrogen and oxygen atoms in total. The first-order valence-corrected chi connectivity index (χ1v) is 3.31. The molecule has 0 atom stereocenters. The van der Waals surface area contributed by atoms with Crippen molar-refractivity contribution < 1.29 is 4.79 Å². The third kappa shape index (κ3) is 3.97. The maximum Gasteiger partial charge on any atom is 0.250 e. The second-order valence-electron chi connectivity index (χ2n) is 1.55. The third-order valence-electron chi connectivity index (χ3n) is 0.665. The van der Waals surface area contributed by atoms with Gasteiger partial charge in [-0.2, -0.15) is 0 Å². The Hall–Kier alpha value is -0.570. The van der Waals surface area contributed by atoms with Gasteiger partial charge >= 0.3 is 0 Å². The number of hydrogen-bond acceptors (Lipinski definition) is 1. The van der Waals surface area contributed by atoms with Crippen molar-refractivity contribution in [2.75, 3.05) is 0 Å². The minimum absolute atomic E-state index is 0.161. The normalized spacial score (nSPS) is 9.56. The molecule has 0 radical (unpaired) electrons. The molecular formula is C6H8BrNO. The Labute approximate surface area is 62.8 Å². The van der Waals surface area contributed by atoms with Gasteiger partial charge in [-0.25, -0.2) is 0 Å². The van der Waals surface area contributed by atoms with E-state index in [0.717, 1.165) is 0 Å². The SMILES string of the molecule is C=C(C)C(=O)N/C=C/Br. The lowest BCUT2D eigenvalue weighted by Gasteiger charge is -1.94. The van der Waals surface area contributed by atoms with E-state index in [4.69, 9.17) is 0 Å². The molecule has 0 aliphatic rings. The van der Waals surface area contributed by atoms with E-state index in [1.165, 1.54) is 6.20 Å². The number of carbonyl (C=O) groups excluding carboxylic acids is 1. The third-order valence-corrected chi connectivity index (χ3v) is 0.929. The zero-order valence-electron chi connectivity index (χ0n) is 5.15. The van der Waals surface area contributed by atoms with Crippen LogP contribution in [-0.2, 0) is 4.79 Å². The Morgan fingerprint density at radius 3 is 2.67 bits per heavy atom. The Balaban J connectivity index is 3.65. The van der Waals surface area contributed by atoms with E-state index in [1.807, 2.05) is 0 Å². The van der Waals surface area contributed by atoms with Crippen LogP contribution in [-0.4, -0.2) is 5.91 Å². The maximum absolute atomic E-state index is 10.6. The van der Waals surface area contributed by atoms with Crippen molar-refractivity contribution in [3.05, 3.63) is 23.3 Å². The van der Waals surface area contributed by atoms with Crippen molar-refractivity contribution in [2.45, 2.75) is 6.92 Å². The molecule has 0 aromatic heterocycles. The molecule has 0 saturated heterocycles. The summed E-state index contributed by atoms with van der Waals surface area (Å²) >= 11 is 3.00. The molecule has 1 N–H and O–H groups in total. The molecule has 0 fully saturated rings. The van der Waals surface area contributed by atoms with Gasteiger partial charge in [-0.15, -0.1) is 0 Å². The van der Waals surface area contributed by atoms with Crippen molar-refractivity contribution >= 4 is 21.8 Å². The summed E-state index contributed by atoms with van der Waals surface area (Å²) in [7, 11) is 0. The van der Waals surface area contributed by atoms with Crippen LogP contribution in [0, 0.1) is 0 Å². The monoisotopic (exact) mass is 189 g/mol. The number of carbonyl (C=O) groups is 1. The van der Waals surface area contributed by atoms with Gasteiger partial charge in [0.2, 0.25) is 5.91 Å². The quantitative estimate of drug-likeness (QED) is 0.657. The van der Waals surface area contributed by atoms with Gasteiger partial charge in [-0.05, 0) is 11.9 Å². The molecule has 0 saturated carbocycles. The van der Waals surface area contributed by atoms with Crippen LogP contribution in [0.3, 0.4) is 0 Å². The molecule has 0 aromatic rings. The first-order chi connectivity index (χ1) is 4.18. The highest BCUT2D eigenvalue weighted by Crippen LogP contribution is 1.86. The maximum atomic E-state index is 10.6. The fourth-order valence-electron chi connectivity index (χ4n) is 0.230. The molecule has 9 heavy (non-hydrogen) atoms. The lowest BCUT2D eigenvalue weighted by Crippen LogP contribution is -2.16. The van der Waals surface area contributed by atoms with Crippen molar-refractivity contribution in [3.8, 4) is 0 Å². The molecule has 0 spiro atoms. The summed E-state index contributed by atoms with van der Waals surface area (Å²) in [6, 6.07) is 0. The zero-order valence-corrected chi connectivity index (χ0v) is 6.73. The fraction of sp³-hybridized carbons (Fsp3) is 0.167. The summed E-state index contributed by atoms with van der Waals surface area (Å²) < 4.78 is 0.